The van der Waals surface area contributed by atoms with Gasteiger partial charge in [-0.1, -0.05) is 0 Å². The lowest BCUT2D eigenvalue weighted by molar-refractivity contribution is -0.143. The molecule has 0 bridgehead atoms. The van der Waals surface area contributed by atoms with Crippen molar-refractivity contribution in [3.63, 3.8) is 0 Å². The maximum Gasteiger partial charge on any atom is 0.308 e. The van der Waals surface area contributed by atoms with Crippen LogP contribution in [0, 0.1) is 35.3 Å². The molecule has 1 aliphatic carbocycles. The predicted molar refractivity (Wildman–Crippen MR) is 90.7 cm³/mol. The Bertz CT molecular complexity index is 811. The highest BCUT2D eigenvalue weighted by atomic mass is 19.1. The van der Waals surface area contributed by atoms with Crippen LogP contribution in [0.1, 0.15) is 19.3 Å². The van der Waals surface area contributed by atoms with Gasteiger partial charge in [0.15, 0.2) is 0 Å². The summed E-state index contributed by atoms with van der Waals surface area (Å²) in [7, 11) is 0. The molecule has 1 aromatic carbocycles. The maximum atomic E-state index is 14.0. The number of nitrogens with zero attached hydrogens (tertiary/aromatic N) is 2. The number of hydrogen-bond donors (Lipinski definition) is 1. The summed E-state index contributed by atoms with van der Waals surface area (Å²) in [6.07, 6.45) is 1.93. The van der Waals surface area contributed by atoms with Crippen LogP contribution in [0.2, 0.25) is 0 Å². The number of anilines is 1. The highest BCUT2D eigenvalue weighted by Crippen LogP contribution is 2.44. The SMILES string of the molecule is O=C(O)[C@H]1CN(C(=O)C2CC(=O)N(c3ccc(F)cc3F)C2)C[C@@H]1C1CC1. The van der Waals surface area contributed by atoms with Gasteiger partial charge in [0.2, 0.25) is 11.8 Å². The summed E-state index contributed by atoms with van der Waals surface area (Å²) in [4.78, 5) is 39.4. The molecule has 0 radical (unpaired) electrons. The second-order valence-electron chi connectivity index (χ2n) is 7.69. The molecule has 1 N–H and O–H groups in total. The van der Waals surface area contributed by atoms with Crippen molar-refractivity contribution < 1.29 is 28.3 Å². The fourth-order valence-corrected chi connectivity index (χ4v) is 4.34. The third-order valence-electron chi connectivity index (χ3n) is 5.90. The second kappa shape index (κ2) is 6.58. The number of carboxylic acids is 1. The summed E-state index contributed by atoms with van der Waals surface area (Å²) in [5.41, 5.74) is -0.0441. The smallest absolute Gasteiger partial charge is 0.308 e. The molecule has 144 valence electrons. The standard InChI is InChI=1S/C19H20F2N2O4/c20-12-3-4-16(15(21)6-12)23-7-11(5-17(23)24)18(25)22-8-13(10-1-2-10)14(9-22)19(26)27/h3-4,6,10-11,13-14H,1-2,5,7-9H2,(H,26,27)/t11?,13-,14+/m1/s1. The minimum absolute atomic E-state index is 0.0164. The molecule has 2 saturated heterocycles. The molecule has 2 aliphatic heterocycles. The number of carboxylic acid groups (broad SMARTS) is 1. The van der Waals surface area contributed by atoms with E-state index in [1.54, 1.807) is 4.90 Å². The van der Waals surface area contributed by atoms with Gasteiger partial charge in [-0.2, -0.15) is 0 Å². The van der Waals surface area contributed by atoms with Gasteiger partial charge in [0, 0.05) is 32.1 Å². The summed E-state index contributed by atoms with van der Waals surface area (Å²) in [6, 6.07) is 2.96. The minimum atomic E-state index is -0.889. The summed E-state index contributed by atoms with van der Waals surface area (Å²) >= 11 is 0. The zero-order chi connectivity index (χ0) is 19.3. The number of rotatable bonds is 4. The molecule has 2 amide bonds. The molecule has 3 atom stereocenters. The Morgan fingerprint density at radius 2 is 1.85 bits per heavy atom. The van der Waals surface area contributed by atoms with E-state index in [0.29, 0.717) is 18.5 Å². The lowest BCUT2D eigenvalue weighted by Crippen LogP contribution is -2.36. The number of amides is 2. The quantitative estimate of drug-likeness (QED) is 0.868. The van der Waals surface area contributed by atoms with Gasteiger partial charge in [-0.05, 0) is 36.8 Å². The van der Waals surface area contributed by atoms with E-state index in [1.165, 1.54) is 11.0 Å². The van der Waals surface area contributed by atoms with Crippen LogP contribution < -0.4 is 4.90 Å². The summed E-state index contributed by atoms with van der Waals surface area (Å²) in [5.74, 6) is -4.02. The third kappa shape index (κ3) is 3.28. The van der Waals surface area contributed by atoms with Crippen LogP contribution in [0.3, 0.4) is 0 Å². The maximum absolute atomic E-state index is 14.0. The first-order valence-corrected chi connectivity index (χ1v) is 9.12. The van der Waals surface area contributed by atoms with Gasteiger partial charge in [0.05, 0.1) is 17.5 Å². The average molecular weight is 378 g/mol. The van der Waals surface area contributed by atoms with Crippen molar-refractivity contribution in [2.75, 3.05) is 24.5 Å². The fraction of sp³-hybridized carbons (Fsp3) is 0.526. The molecule has 4 rings (SSSR count). The molecule has 8 heteroatoms. The molecule has 3 fully saturated rings. The Morgan fingerprint density at radius 3 is 2.48 bits per heavy atom. The lowest BCUT2D eigenvalue weighted by atomic mass is 9.92. The van der Waals surface area contributed by atoms with E-state index in [9.17, 15) is 28.3 Å². The molecule has 1 unspecified atom stereocenters. The van der Waals surface area contributed by atoms with Crippen LogP contribution in [0.4, 0.5) is 14.5 Å². The Balaban J connectivity index is 1.47. The molecule has 0 spiro atoms. The molecule has 1 aromatic rings. The number of carbonyl (C=O) groups is 3. The van der Waals surface area contributed by atoms with Crippen LogP contribution in [0.5, 0.6) is 0 Å². The highest BCUT2D eigenvalue weighted by molar-refractivity contribution is 6.00. The van der Waals surface area contributed by atoms with Crippen LogP contribution in [-0.4, -0.2) is 47.4 Å². The number of hydrogen-bond acceptors (Lipinski definition) is 3. The lowest BCUT2D eigenvalue weighted by Gasteiger charge is -2.21. The first-order chi connectivity index (χ1) is 12.8. The highest BCUT2D eigenvalue weighted by Gasteiger charge is 2.48. The molecule has 3 aliphatic rings. The zero-order valence-electron chi connectivity index (χ0n) is 14.6. The Labute approximate surface area is 154 Å². The van der Waals surface area contributed by atoms with E-state index >= 15 is 0 Å². The number of aliphatic carboxylic acids is 1. The van der Waals surface area contributed by atoms with Crippen LogP contribution >= 0.6 is 0 Å². The van der Waals surface area contributed by atoms with Gasteiger partial charge in [0.25, 0.3) is 0 Å². The van der Waals surface area contributed by atoms with Crippen LogP contribution in [-0.2, 0) is 14.4 Å². The molecule has 1 saturated carbocycles. The third-order valence-corrected chi connectivity index (χ3v) is 5.90. The second-order valence-corrected chi connectivity index (χ2v) is 7.69. The molecule has 2 heterocycles. The Kier molecular flexibility index (Phi) is 4.36. The zero-order valence-corrected chi connectivity index (χ0v) is 14.6. The van der Waals surface area contributed by atoms with Gasteiger partial charge < -0.3 is 14.9 Å². The van der Waals surface area contributed by atoms with E-state index in [1.807, 2.05) is 0 Å². The molecule has 27 heavy (non-hydrogen) atoms. The van der Waals surface area contributed by atoms with Gasteiger partial charge in [-0.3, -0.25) is 14.4 Å². The number of halogens is 2. The minimum Gasteiger partial charge on any atom is -0.481 e. The summed E-state index contributed by atoms with van der Waals surface area (Å²) in [6.45, 7) is 0.573. The largest absolute Gasteiger partial charge is 0.481 e. The monoisotopic (exact) mass is 378 g/mol. The van der Waals surface area contributed by atoms with Crippen molar-refractivity contribution in [2.45, 2.75) is 19.3 Å². The van der Waals surface area contributed by atoms with Crippen molar-refractivity contribution in [2.24, 2.45) is 23.7 Å². The Hall–Kier alpha value is -2.51. The summed E-state index contributed by atoms with van der Waals surface area (Å²) in [5, 5.41) is 9.44. The fourth-order valence-electron chi connectivity index (χ4n) is 4.34. The van der Waals surface area contributed by atoms with Crippen molar-refractivity contribution >= 4 is 23.5 Å². The van der Waals surface area contributed by atoms with Gasteiger partial charge in [-0.25, -0.2) is 8.78 Å². The first-order valence-electron chi connectivity index (χ1n) is 9.12. The van der Waals surface area contributed by atoms with Crippen molar-refractivity contribution in [3.8, 4) is 0 Å². The van der Waals surface area contributed by atoms with Gasteiger partial charge in [0.1, 0.15) is 11.6 Å². The predicted octanol–water partition coefficient (Wildman–Crippen LogP) is 1.89. The molecular weight excluding hydrogens is 358 g/mol. The number of carbonyl (C=O) groups excluding carboxylic acids is 2. The van der Waals surface area contributed by atoms with Crippen molar-refractivity contribution in [3.05, 3.63) is 29.8 Å². The normalized spacial score (nSPS) is 28.1. The van der Waals surface area contributed by atoms with E-state index in [0.717, 1.165) is 18.9 Å². The molecule has 6 nitrogen and oxygen atoms in total. The van der Waals surface area contributed by atoms with E-state index in [4.69, 9.17) is 0 Å². The van der Waals surface area contributed by atoms with Crippen LogP contribution in [0.15, 0.2) is 18.2 Å². The van der Waals surface area contributed by atoms with Crippen LogP contribution in [0.25, 0.3) is 0 Å². The first kappa shape index (κ1) is 17.9. The average Bonchev–Trinajstić information content (AvgIpc) is 3.24. The molecular formula is C19H20F2N2O4. The van der Waals surface area contributed by atoms with Gasteiger partial charge >= 0.3 is 5.97 Å². The van der Waals surface area contributed by atoms with E-state index in [2.05, 4.69) is 0 Å². The van der Waals surface area contributed by atoms with E-state index in [-0.39, 0.29) is 37.0 Å². The Morgan fingerprint density at radius 1 is 1.11 bits per heavy atom. The number of likely N-dealkylation sites (tertiary alicyclic amines) is 1. The number of benzene rings is 1. The molecule has 0 aromatic heterocycles. The van der Waals surface area contributed by atoms with Gasteiger partial charge in [-0.15, -0.1) is 0 Å². The van der Waals surface area contributed by atoms with Crippen molar-refractivity contribution in [1.82, 2.24) is 4.90 Å². The van der Waals surface area contributed by atoms with E-state index < -0.39 is 35.3 Å². The summed E-state index contributed by atoms with van der Waals surface area (Å²) < 4.78 is 27.1. The van der Waals surface area contributed by atoms with Crippen molar-refractivity contribution in [1.29, 1.82) is 0 Å². The topological polar surface area (TPSA) is 77.9 Å².